The number of guanidine groups is 1. The van der Waals surface area contributed by atoms with Gasteiger partial charge in [-0.05, 0) is 36.0 Å². The fourth-order valence-corrected chi connectivity index (χ4v) is 4.58. The minimum Gasteiger partial charge on any atom is -0.356 e. The van der Waals surface area contributed by atoms with Gasteiger partial charge >= 0.3 is 0 Å². The number of amides is 1. The molecule has 2 aliphatic rings. The summed E-state index contributed by atoms with van der Waals surface area (Å²) >= 11 is 0. The molecule has 2 aromatic carbocycles. The summed E-state index contributed by atoms with van der Waals surface area (Å²) in [5, 5.41) is 7.02. The number of likely N-dealkylation sites (tertiary alicyclic amines) is 1. The largest absolute Gasteiger partial charge is 0.356 e. The predicted molar refractivity (Wildman–Crippen MR) is 137 cm³/mol. The van der Waals surface area contributed by atoms with Crippen LogP contribution in [0.4, 0.5) is 0 Å². The van der Waals surface area contributed by atoms with Crippen molar-refractivity contribution in [1.82, 2.24) is 15.5 Å². The molecule has 0 bridgehead atoms. The normalized spacial score (nSPS) is 17.6. The Labute approximate surface area is 202 Å². The van der Waals surface area contributed by atoms with Gasteiger partial charge in [0, 0.05) is 45.1 Å². The number of halogens is 1. The molecule has 0 aromatic heterocycles. The van der Waals surface area contributed by atoms with E-state index in [1.54, 1.807) is 0 Å². The molecule has 1 amide bonds. The molecule has 31 heavy (non-hydrogen) atoms. The van der Waals surface area contributed by atoms with Crippen LogP contribution in [0.5, 0.6) is 0 Å². The van der Waals surface area contributed by atoms with Crippen molar-refractivity contribution < 1.29 is 4.79 Å². The van der Waals surface area contributed by atoms with Gasteiger partial charge in [-0.2, -0.15) is 0 Å². The quantitative estimate of drug-likeness (QED) is 0.319. The van der Waals surface area contributed by atoms with E-state index >= 15 is 0 Å². The summed E-state index contributed by atoms with van der Waals surface area (Å²) in [6.07, 6.45) is 5.37. The van der Waals surface area contributed by atoms with Crippen LogP contribution in [-0.2, 0) is 23.3 Å². The highest BCUT2D eigenvalue weighted by atomic mass is 127. The van der Waals surface area contributed by atoms with Crippen LogP contribution >= 0.6 is 24.0 Å². The number of rotatable bonds is 7. The summed E-state index contributed by atoms with van der Waals surface area (Å²) in [4.78, 5) is 18.4. The Morgan fingerprint density at radius 1 is 1.00 bits per heavy atom. The van der Waals surface area contributed by atoms with Gasteiger partial charge in [0.2, 0.25) is 5.91 Å². The third-order valence-electron chi connectivity index (χ3n) is 6.61. The van der Waals surface area contributed by atoms with Crippen LogP contribution in [0, 0.1) is 0 Å². The van der Waals surface area contributed by atoms with Crippen LogP contribution in [0.3, 0.4) is 0 Å². The Morgan fingerprint density at radius 2 is 1.71 bits per heavy atom. The number of benzene rings is 2. The average Bonchev–Trinajstić information content (AvgIpc) is 3.15. The number of hydrogen-bond acceptors (Lipinski definition) is 2. The highest BCUT2D eigenvalue weighted by Gasteiger charge is 2.38. The average molecular weight is 532 g/mol. The van der Waals surface area contributed by atoms with Gasteiger partial charge in [0.05, 0.1) is 0 Å². The van der Waals surface area contributed by atoms with Crippen LogP contribution in [0.15, 0.2) is 59.6 Å². The van der Waals surface area contributed by atoms with Gasteiger partial charge < -0.3 is 15.5 Å². The van der Waals surface area contributed by atoms with Crippen LogP contribution in [0.25, 0.3) is 0 Å². The predicted octanol–water partition coefficient (Wildman–Crippen LogP) is 4.21. The number of aliphatic imine (C=N–C) groups is 1. The van der Waals surface area contributed by atoms with Gasteiger partial charge in [-0.3, -0.25) is 9.79 Å². The standard InChI is InChI=1S/C25H32N4O.HI/c1-26-24(28-19-25(14-8-15-25)22-11-3-2-4-12-22)27-17-20-9-5-6-10-21(20)18-29-16-7-13-23(29)30;/h2-6,9-12H,7-8,13-19H2,1H3,(H2,26,27,28);1H. The monoisotopic (exact) mass is 532 g/mol. The minimum absolute atomic E-state index is 0. The third kappa shape index (κ3) is 5.59. The maximum atomic E-state index is 12.0. The van der Waals surface area contributed by atoms with E-state index in [9.17, 15) is 4.79 Å². The van der Waals surface area contributed by atoms with E-state index in [0.29, 0.717) is 19.5 Å². The number of nitrogens with one attached hydrogen (secondary N) is 2. The lowest BCUT2D eigenvalue weighted by atomic mass is 9.64. The second-order valence-corrected chi connectivity index (χ2v) is 8.47. The van der Waals surface area contributed by atoms with E-state index < -0.39 is 0 Å². The van der Waals surface area contributed by atoms with Crippen molar-refractivity contribution in [3.05, 3.63) is 71.3 Å². The van der Waals surface area contributed by atoms with Gasteiger partial charge in [-0.25, -0.2) is 0 Å². The van der Waals surface area contributed by atoms with E-state index in [1.807, 2.05) is 18.0 Å². The van der Waals surface area contributed by atoms with Gasteiger partial charge in [0.25, 0.3) is 0 Å². The van der Waals surface area contributed by atoms with E-state index in [0.717, 1.165) is 25.5 Å². The summed E-state index contributed by atoms with van der Waals surface area (Å²) in [7, 11) is 1.82. The molecular weight excluding hydrogens is 499 g/mol. The second kappa shape index (κ2) is 11.0. The van der Waals surface area contributed by atoms with Crippen molar-refractivity contribution in [2.75, 3.05) is 20.1 Å². The molecule has 1 saturated carbocycles. The topological polar surface area (TPSA) is 56.7 Å². The lowest BCUT2D eigenvalue weighted by Crippen LogP contribution is -2.48. The maximum absolute atomic E-state index is 12.0. The Kier molecular flexibility index (Phi) is 8.35. The first kappa shape index (κ1) is 23.6. The number of nitrogens with zero attached hydrogens (tertiary/aromatic N) is 2. The molecule has 0 atom stereocenters. The minimum atomic E-state index is 0. The summed E-state index contributed by atoms with van der Waals surface area (Å²) in [5.41, 5.74) is 4.05. The lowest BCUT2D eigenvalue weighted by molar-refractivity contribution is -0.128. The molecular formula is C25H33IN4O. The number of carbonyl (C=O) groups is 1. The molecule has 1 aliphatic heterocycles. The highest BCUT2D eigenvalue weighted by Crippen LogP contribution is 2.43. The summed E-state index contributed by atoms with van der Waals surface area (Å²) < 4.78 is 0. The summed E-state index contributed by atoms with van der Waals surface area (Å²) in [6, 6.07) is 19.2. The van der Waals surface area contributed by atoms with Crippen molar-refractivity contribution in [2.24, 2.45) is 4.99 Å². The van der Waals surface area contributed by atoms with Crippen molar-refractivity contribution in [3.63, 3.8) is 0 Å². The van der Waals surface area contributed by atoms with Gasteiger partial charge in [-0.15, -0.1) is 24.0 Å². The molecule has 1 aliphatic carbocycles. The van der Waals surface area contributed by atoms with Crippen molar-refractivity contribution in [2.45, 2.75) is 50.6 Å². The zero-order valence-corrected chi connectivity index (χ0v) is 20.6. The first-order chi connectivity index (χ1) is 14.7. The molecule has 1 saturated heterocycles. The van der Waals surface area contributed by atoms with E-state index in [2.05, 4.69) is 64.2 Å². The Balaban J connectivity index is 0.00000272. The van der Waals surface area contributed by atoms with Crippen LogP contribution in [-0.4, -0.2) is 36.9 Å². The molecule has 0 unspecified atom stereocenters. The molecule has 1 heterocycles. The SMILES string of the molecule is CN=C(NCc1ccccc1CN1CCCC1=O)NCC1(c2ccccc2)CCC1.I. The first-order valence-electron chi connectivity index (χ1n) is 11.0. The smallest absolute Gasteiger partial charge is 0.222 e. The highest BCUT2D eigenvalue weighted by molar-refractivity contribution is 14.0. The first-order valence-corrected chi connectivity index (χ1v) is 11.0. The van der Waals surface area contributed by atoms with E-state index in [-0.39, 0.29) is 35.3 Å². The van der Waals surface area contributed by atoms with Crippen LogP contribution in [0.1, 0.15) is 48.8 Å². The van der Waals surface area contributed by atoms with Crippen molar-refractivity contribution in [1.29, 1.82) is 0 Å². The molecule has 166 valence electrons. The Hall–Kier alpha value is -2.09. The molecule has 0 spiro atoms. The Bertz CT molecular complexity index is 895. The molecule has 2 N–H and O–H groups in total. The van der Waals surface area contributed by atoms with Gasteiger partial charge in [0.1, 0.15) is 0 Å². The molecule has 2 fully saturated rings. The fourth-order valence-electron chi connectivity index (χ4n) is 4.58. The van der Waals surface area contributed by atoms with Crippen molar-refractivity contribution >= 4 is 35.8 Å². The van der Waals surface area contributed by atoms with Gasteiger partial charge in [0.15, 0.2) is 5.96 Å². The second-order valence-electron chi connectivity index (χ2n) is 8.47. The van der Waals surface area contributed by atoms with E-state index in [1.165, 1.54) is 36.0 Å². The fraction of sp³-hybridized carbons (Fsp3) is 0.440. The molecule has 4 rings (SSSR count). The maximum Gasteiger partial charge on any atom is 0.222 e. The zero-order chi connectivity index (χ0) is 20.8. The molecule has 0 radical (unpaired) electrons. The van der Waals surface area contributed by atoms with Crippen molar-refractivity contribution in [3.8, 4) is 0 Å². The number of carbonyl (C=O) groups excluding carboxylic acids is 1. The van der Waals surface area contributed by atoms with Crippen LogP contribution < -0.4 is 10.6 Å². The summed E-state index contributed by atoms with van der Waals surface area (Å²) in [6.45, 7) is 3.14. The zero-order valence-electron chi connectivity index (χ0n) is 18.3. The summed E-state index contributed by atoms with van der Waals surface area (Å²) in [5.74, 6) is 1.09. The Morgan fingerprint density at radius 3 is 2.32 bits per heavy atom. The third-order valence-corrected chi connectivity index (χ3v) is 6.61. The molecule has 6 heteroatoms. The lowest BCUT2D eigenvalue weighted by Gasteiger charge is -2.43. The number of hydrogen-bond donors (Lipinski definition) is 2. The molecule has 2 aromatic rings. The molecule has 5 nitrogen and oxygen atoms in total. The van der Waals surface area contributed by atoms with Gasteiger partial charge in [-0.1, -0.05) is 61.0 Å². The van der Waals surface area contributed by atoms with Crippen LogP contribution in [0.2, 0.25) is 0 Å². The van der Waals surface area contributed by atoms with E-state index in [4.69, 9.17) is 0 Å².